The van der Waals surface area contributed by atoms with Gasteiger partial charge in [0.15, 0.2) is 0 Å². The standard InChI is InChI=1S/C12H18BrN3/c1-9-6-12(15-7-11(9)13)16-5-3-4-10(8-16)14-2/h6-7,10,14H,3-5,8H2,1-2H3. The summed E-state index contributed by atoms with van der Waals surface area (Å²) in [5, 5.41) is 3.35. The number of hydrogen-bond acceptors (Lipinski definition) is 3. The monoisotopic (exact) mass is 283 g/mol. The fourth-order valence-electron chi connectivity index (χ4n) is 2.12. The molecular weight excluding hydrogens is 266 g/mol. The molecule has 1 aromatic heterocycles. The Kier molecular flexibility index (Phi) is 3.82. The Morgan fingerprint density at radius 3 is 3.06 bits per heavy atom. The van der Waals surface area contributed by atoms with Crippen LogP contribution in [-0.2, 0) is 0 Å². The van der Waals surface area contributed by atoms with Gasteiger partial charge in [-0.1, -0.05) is 0 Å². The summed E-state index contributed by atoms with van der Waals surface area (Å²) in [5.74, 6) is 1.10. The number of nitrogens with one attached hydrogen (secondary N) is 1. The summed E-state index contributed by atoms with van der Waals surface area (Å²) in [4.78, 5) is 6.85. The van der Waals surface area contributed by atoms with Crippen LogP contribution in [0.4, 0.5) is 5.82 Å². The molecule has 16 heavy (non-hydrogen) atoms. The predicted octanol–water partition coefficient (Wildman–Crippen LogP) is 2.34. The Morgan fingerprint density at radius 2 is 2.38 bits per heavy atom. The molecule has 1 aliphatic rings. The van der Waals surface area contributed by atoms with Crippen molar-refractivity contribution in [2.75, 3.05) is 25.0 Å². The summed E-state index contributed by atoms with van der Waals surface area (Å²) in [6.45, 7) is 4.28. The molecule has 1 aliphatic heterocycles. The first-order chi connectivity index (χ1) is 7.70. The van der Waals surface area contributed by atoms with Gasteiger partial charge in [-0.05, 0) is 54.4 Å². The molecule has 0 bridgehead atoms. The fraction of sp³-hybridized carbons (Fsp3) is 0.583. The van der Waals surface area contributed by atoms with Crippen LogP contribution < -0.4 is 10.2 Å². The first-order valence-electron chi connectivity index (χ1n) is 5.75. The maximum atomic E-state index is 4.48. The van der Waals surface area contributed by atoms with E-state index in [9.17, 15) is 0 Å². The van der Waals surface area contributed by atoms with Crippen LogP contribution in [0.1, 0.15) is 18.4 Å². The number of piperidine rings is 1. The molecule has 4 heteroatoms. The molecule has 88 valence electrons. The van der Waals surface area contributed by atoms with Gasteiger partial charge in [0.05, 0.1) is 0 Å². The molecule has 0 radical (unpaired) electrons. The maximum absolute atomic E-state index is 4.48. The van der Waals surface area contributed by atoms with E-state index in [1.54, 1.807) is 0 Å². The summed E-state index contributed by atoms with van der Waals surface area (Å²) < 4.78 is 1.08. The third-order valence-corrected chi connectivity index (χ3v) is 4.02. The lowest BCUT2D eigenvalue weighted by Crippen LogP contribution is -2.44. The molecule has 1 aromatic rings. The maximum Gasteiger partial charge on any atom is 0.128 e. The van der Waals surface area contributed by atoms with Gasteiger partial charge in [0.2, 0.25) is 0 Å². The van der Waals surface area contributed by atoms with E-state index in [0.717, 1.165) is 23.4 Å². The number of aryl methyl sites for hydroxylation is 1. The van der Waals surface area contributed by atoms with Gasteiger partial charge in [-0.25, -0.2) is 4.98 Å². The van der Waals surface area contributed by atoms with E-state index in [4.69, 9.17) is 0 Å². The van der Waals surface area contributed by atoms with Gasteiger partial charge >= 0.3 is 0 Å². The highest BCUT2D eigenvalue weighted by atomic mass is 79.9. The molecule has 2 rings (SSSR count). The van der Waals surface area contributed by atoms with Crippen LogP contribution in [0, 0.1) is 6.92 Å². The molecule has 0 aliphatic carbocycles. The Hall–Kier alpha value is -0.610. The van der Waals surface area contributed by atoms with E-state index in [2.05, 4.69) is 44.1 Å². The molecule has 1 atom stereocenters. The molecule has 0 spiro atoms. The van der Waals surface area contributed by atoms with E-state index in [0.29, 0.717) is 6.04 Å². The topological polar surface area (TPSA) is 28.2 Å². The minimum Gasteiger partial charge on any atom is -0.355 e. The lowest BCUT2D eigenvalue weighted by atomic mass is 10.1. The Bertz CT molecular complexity index is 367. The molecule has 0 aromatic carbocycles. The molecule has 3 nitrogen and oxygen atoms in total. The molecule has 1 fully saturated rings. The number of aromatic nitrogens is 1. The van der Waals surface area contributed by atoms with E-state index in [1.165, 1.54) is 18.4 Å². The molecule has 2 heterocycles. The zero-order chi connectivity index (χ0) is 11.5. The number of hydrogen-bond donors (Lipinski definition) is 1. The van der Waals surface area contributed by atoms with Crippen molar-refractivity contribution in [2.24, 2.45) is 0 Å². The summed E-state index contributed by atoms with van der Waals surface area (Å²) in [6, 6.07) is 2.75. The van der Waals surface area contributed by atoms with Crippen molar-refractivity contribution in [1.82, 2.24) is 10.3 Å². The lowest BCUT2D eigenvalue weighted by Gasteiger charge is -2.33. The van der Waals surface area contributed by atoms with Crippen LogP contribution in [0.5, 0.6) is 0 Å². The van der Waals surface area contributed by atoms with E-state index < -0.39 is 0 Å². The van der Waals surface area contributed by atoms with Gasteiger partial charge in [-0.15, -0.1) is 0 Å². The Balaban J connectivity index is 2.13. The Labute approximate surface area is 105 Å². The molecule has 0 saturated carbocycles. The van der Waals surface area contributed by atoms with Crippen molar-refractivity contribution < 1.29 is 0 Å². The van der Waals surface area contributed by atoms with E-state index >= 15 is 0 Å². The number of anilines is 1. The van der Waals surface area contributed by atoms with Gasteiger partial charge in [0, 0.05) is 29.8 Å². The van der Waals surface area contributed by atoms with Crippen molar-refractivity contribution >= 4 is 21.7 Å². The molecule has 0 amide bonds. The summed E-state index contributed by atoms with van der Waals surface area (Å²) in [6.07, 6.45) is 4.40. The van der Waals surface area contributed by atoms with Crippen molar-refractivity contribution in [3.8, 4) is 0 Å². The van der Waals surface area contributed by atoms with Crippen LogP contribution in [0.3, 0.4) is 0 Å². The van der Waals surface area contributed by atoms with E-state index in [-0.39, 0.29) is 0 Å². The highest BCUT2D eigenvalue weighted by Gasteiger charge is 2.19. The van der Waals surface area contributed by atoms with Crippen molar-refractivity contribution in [1.29, 1.82) is 0 Å². The first kappa shape index (κ1) is 11.9. The lowest BCUT2D eigenvalue weighted by molar-refractivity contribution is 0.447. The highest BCUT2D eigenvalue weighted by Crippen LogP contribution is 2.22. The zero-order valence-electron chi connectivity index (χ0n) is 9.83. The van der Waals surface area contributed by atoms with Gasteiger partial charge < -0.3 is 10.2 Å². The van der Waals surface area contributed by atoms with Gasteiger partial charge in [-0.2, -0.15) is 0 Å². The predicted molar refractivity (Wildman–Crippen MR) is 71.0 cm³/mol. The summed E-state index contributed by atoms with van der Waals surface area (Å²) >= 11 is 3.49. The average Bonchev–Trinajstić information content (AvgIpc) is 2.33. The van der Waals surface area contributed by atoms with Crippen molar-refractivity contribution in [2.45, 2.75) is 25.8 Å². The number of likely N-dealkylation sites (N-methyl/N-ethyl adjacent to an activating group) is 1. The normalized spacial score (nSPS) is 21.2. The highest BCUT2D eigenvalue weighted by molar-refractivity contribution is 9.10. The molecular formula is C12H18BrN3. The molecule has 1 saturated heterocycles. The van der Waals surface area contributed by atoms with Crippen molar-refractivity contribution in [3.63, 3.8) is 0 Å². The number of halogens is 1. The summed E-state index contributed by atoms with van der Waals surface area (Å²) in [5.41, 5.74) is 1.25. The smallest absolute Gasteiger partial charge is 0.128 e. The van der Waals surface area contributed by atoms with E-state index in [1.807, 2.05) is 13.2 Å². The van der Waals surface area contributed by atoms with Crippen LogP contribution in [0.2, 0.25) is 0 Å². The van der Waals surface area contributed by atoms with Gasteiger partial charge in [-0.3, -0.25) is 0 Å². The van der Waals surface area contributed by atoms with Gasteiger partial charge in [0.25, 0.3) is 0 Å². The first-order valence-corrected chi connectivity index (χ1v) is 6.54. The second-order valence-corrected chi connectivity index (χ2v) is 5.22. The second-order valence-electron chi connectivity index (χ2n) is 4.37. The largest absolute Gasteiger partial charge is 0.355 e. The van der Waals surface area contributed by atoms with Gasteiger partial charge in [0.1, 0.15) is 5.82 Å². The average molecular weight is 284 g/mol. The molecule has 1 unspecified atom stereocenters. The minimum absolute atomic E-state index is 0.597. The SMILES string of the molecule is CNC1CCCN(c2cc(C)c(Br)cn2)C1. The minimum atomic E-state index is 0.597. The number of rotatable bonds is 2. The fourth-order valence-corrected chi connectivity index (χ4v) is 2.34. The van der Waals surface area contributed by atoms with Crippen molar-refractivity contribution in [3.05, 3.63) is 22.3 Å². The third-order valence-electron chi connectivity index (χ3n) is 3.19. The summed E-state index contributed by atoms with van der Waals surface area (Å²) in [7, 11) is 2.04. The quantitative estimate of drug-likeness (QED) is 0.903. The number of pyridine rings is 1. The molecule has 1 N–H and O–H groups in total. The second kappa shape index (κ2) is 5.15. The zero-order valence-corrected chi connectivity index (χ0v) is 11.4. The van der Waals surface area contributed by atoms with Crippen LogP contribution in [0.25, 0.3) is 0 Å². The van der Waals surface area contributed by atoms with Crippen LogP contribution in [0.15, 0.2) is 16.7 Å². The Morgan fingerprint density at radius 1 is 1.56 bits per heavy atom. The van der Waals surface area contributed by atoms with Crippen LogP contribution in [-0.4, -0.2) is 31.2 Å². The van der Waals surface area contributed by atoms with Crippen LogP contribution >= 0.6 is 15.9 Å². The number of nitrogens with zero attached hydrogens (tertiary/aromatic N) is 2. The third kappa shape index (κ3) is 2.55.